The van der Waals surface area contributed by atoms with Gasteiger partial charge in [0.25, 0.3) is 0 Å². The van der Waals surface area contributed by atoms with Crippen LogP contribution in [-0.2, 0) is 9.84 Å². The lowest BCUT2D eigenvalue weighted by molar-refractivity contribution is 0.477. The molecule has 9 nitrogen and oxygen atoms in total. The molecule has 0 spiro atoms. The van der Waals surface area contributed by atoms with Gasteiger partial charge in [-0.2, -0.15) is 0 Å². The molecule has 0 N–H and O–H groups in total. The van der Waals surface area contributed by atoms with Crippen molar-refractivity contribution in [1.29, 1.82) is 0 Å². The summed E-state index contributed by atoms with van der Waals surface area (Å²) in [5.74, 6) is 1.67. The maximum atomic E-state index is 14.3. The summed E-state index contributed by atoms with van der Waals surface area (Å²) in [5.41, 5.74) is 37.7. The fraction of sp³-hybridized carbons (Fsp3) is 0. The maximum Gasteiger partial charge on any atom is 0.210 e. The standard InChI is InChI=1S/C48H32N2O.C48H32N2S.C42H28N2O2S/c2*1-3-14-33(15-4-1)34-16-11-17-35(28-34)36-18-12-19-37(29-36)38-20-13-23-40(30-38)50-43-25-8-7-24-41(43)42-31-46-48(32-45(42)50)51-47-27-10-9-26-44(47)49(46)39-21-5-2-6-22-39;45-47(46)41-23-13-12-22-38(41)43(33-18-8-3-9-19-33)40-28-39-36(27-42(40)47)35-20-10-11-21-37(35)44(39)34-25-31(29-14-4-1-5-15-29)24-32(26-34)30-16-6-2-7-17-30/h2*1-32H;1-28H. The third-order valence-corrected chi connectivity index (χ3v) is 31.9. The van der Waals surface area contributed by atoms with Gasteiger partial charge in [-0.1, -0.05) is 376 Å². The van der Waals surface area contributed by atoms with Crippen LogP contribution in [0.2, 0.25) is 0 Å². The molecule has 0 saturated heterocycles. The third kappa shape index (κ3) is 16.1. The van der Waals surface area contributed by atoms with Crippen LogP contribution in [-0.4, -0.2) is 22.1 Å². The topological polar surface area (TPSA) is 67.9 Å². The zero-order valence-electron chi connectivity index (χ0n) is 80.8. The highest BCUT2D eigenvalue weighted by atomic mass is 32.2. The lowest BCUT2D eigenvalue weighted by Gasteiger charge is -2.33. The molecule has 3 aromatic heterocycles. The third-order valence-electron chi connectivity index (χ3n) is 29.0. The first-order chi connectivity index (χ1) is 73.6. The van der Waals surface area contributed by atoms with Crippen molar-refractivity contribution in [2.75, 3.05) is 14.7 Å². The summed E-state index contributed by atoms with van der Waals surface area (Å²) in [5, 5.41) is 6.76. The van der Waals surface area contributed by atoms with E-state index in [1.807, 2.05) is 96.7 Å². The predicted octanol–water partition coefficient (Wildman–Crippen LogP) is 37.8. The molecule has 29 rings (SSSR count). The SMILES string of the molecule is O=S1(=O)c2ccccc2N(c2ccccc2)c2cc3c(cc21)c1ccccc1n3-c1cc(-c2ccccc2)cc(-c2ccccc2)c1.c1ccc(-c2cccc(-c3cccc(-c4cccc(-n5c6ccccc6c6cc7c(cc65)Oc5ccccc5N7c5ccccc5)c4)c3)c2)cc1.c1ccc(-c2cccc(-c3cccc(-c4cccc(-n5c6ccccc6c6cc7c(cc65)Sc5ccccc5N7c5ccccc5)c4)c3)c2)cc1. The first-order valence-electron chi connectivity index (χ1n) is 50.3. The Balaban J connectivity index is 0.000000110. The molecule has 0 aliphatic carbocycles. The van der Waals surface area contributed by atoms with Gasteiger partial charge in [-0.05, 0) is 277 Å². The van der Waals surface area contributed by atoms with Crippen molar-refractivity contribution in [3.8, 4) is 118 Å². The molecule has 11 heteroatoms. The molecule has 0 bridgehead atoms. The molecule has 0 atom stereocenters. The Labute approximate surface area is 868 Å². The summed E-state index contributed by atoms with van der Waals surface area (Å²) in [4.78, 5) is 9.91. The van der Waals surface area contributed by atoms with Crippen LogP contribution in [0.15, 0.2) is 578 Å². The van der Waals surface area contributed by atoms with Crippen molar-refractivity contribution in [2.45, 2.75) is 19.6 Å². The van der Waals surface area contributed by atoms with E-state index in [1.54, 1.807) is 12.1 Å². The minimum atomic E-state index is -3.79. The van der Waals surface area contributed by atoms with Gasteiger partial charge in [0.05, 0.1) is 77.0 Å². The van der Waals surface area contributed by atoms with Gasteiger partial charge in [-0.25, -0.2) is 8.42 Å². The van der Waals surface area contributed by atoms with E-state index >= 15 is 0 Å². The van der Waals surface area contributed by atoms with Crippen LogP contribution in [0.1, 0.15) is 0 Å². The Morgan fingerprint density at radius 2 is 0.463 bits per heavy atom. The van der Waals surface area contributed by atoms with Gasteiger partial charge in [-0.3, -0.25) is 0 Å². The van der Waals surface area contributed by atoms with E-state index in [9.17, 15) is 8.42 Å². The van der Waals surface area contributed by atoms with Crippen LogP contribution in [0.4, 0.5) is 51.2 Å². The van der Waals surface area contributed by atoms with Crippen LogP contribution in [0, 0.1) is 0 Å². The second-order valence-electron chi connectivity index (χ2n) is 37.8. The Kier molecular flexibility index (Phi) is 22.4. The lowest BCUT2D eigenvalue weighted by Crippen LogP contribution is -2.22. The van der Waals surface area contributed by atoms with E-state index in [4.69, 9.17) is 4.74 Å². The Bertz CT molecular complexity index is 9380. The average molecular weight is 1950 g/mol. The first kappa shape index (κ1) is 88.9. The predicted molar refractivity (Wildman–Crippen MR) is 620 cm³/mol. The number of benzene rings is 23. The van der Waals surface area contributed by atoms with Gasteiger partial charge in [-0.15, -0.1) is 0 Å². The largest absolute Gasteiger partial charge is 0.453 e. The molecule has 0 radical (unpaired) electrons. The molecule has 149 heavy (non-hydrogen) atoms. The van der Waals surface area contributed by atoms with Crippen LogP contribution in [0.25, 0.3) is 171 Å². The number of hydrogen-bond acceptors (Lipinski definition) is 7. The van der Waals surface area contributed by atoms with Crippen molar-refractivity contribution in [1.82, 2.24) is 13.7 Å². The van der Waals surface area contributed by atoms with Crippen LogP contribution >= 0.6 is 11.8 Å². The van der Waals surface area contributed by atoms with Gasteiger partial charge < -0.3 is 33.1 Å². The summed E-state index contributed by atoms with van der Waals surface area (Å²) in [6, 6.07) is 196. The van der Waals surface area contributed by atoms with Crippen LogP contribution < -0.4 is 19.4 Å². The number of hydrogen-bond donors (Lipinski definition) is 0. The number of fused-ring (bicyclic) bond motifs is 15. The summed E-state index contributed by atoms with van der Waals surface area (Å²) >= 11 is 1.85. The monoisotopic (exact) mass is 1940 g/mol. The fourth-order valence-electron chi connectivity index (χ4n) is 22.1. The van der Waals surface area contributed by atoms with Crippen molar-refractivity contribution in [3.63, 3.8) is 0 Å². The van der Waals surface area contributed by atoms with Gasteiger partial charge in [0.2, 0.25) is 9.84 Å². The number of para-hydroxylation sites is 10. The van der Waals surface area contributed by atoms with Crippen molar-refractivity contribution in [3.05, 3.63) is 558 Å². The van der Waals surface area contributed by atoms with Crippen molar-refractivity contribution in [2.24, 2.45) is 0 Å². The Hall–Kier alpha value is -19.0. The smallest absolute Gasteiger partial charge is 0.210 e. The molecule has 3 aliphatic rings. The molecular formula is C138H92N6O3S2. The highest BCUT2D eigenvalue weighted by Crippen LogP contribution is 2.57. The fourth-order valence-corrected chi connectivity index (χ4v) is 24.8. The van der Waals surface area contributed by atoms with E-state index in [1.165, 1.54) is 115 Å². The van der Waals surface area contributed by atoms with Crippen LogP contribution in [0.5, 0.6) is 11.5 Å². The van der Waals surface area contributed by atoms with E-state index in [0.29, 0.717) is 21.2 Å². The number of ether oxygens (including phenoxy) is 1. The van der Waals surface area contributed by atoms with E-state index < -0.39 is 9.84 Å². The summed E-state index contributed by atoms with van der Waals surface area (Å²) in [6.45, 7) is 0. The first-order valence-corrected chi connectivity index (χ1v) is 52.6. The molecule has 0 saturated carbocycles. The number of nitrogens with zero attached hydrogens (tertiary/aromatic N) is 6. The molecule has 704 valence electrons. The van der Waals surface area contributed by atoms with E-state index in [-0.39, 0.29) is 0 Å². The lowest BCUT2D eigenvalue weighted by atomic mass is 9.96. The second kappa shape index (κ2) is 37.6. The molecule has 3 aliphatic heterocycles. The number of sulfone groups is 1. The molecular weight excluding hydrogens is 1850 g/mol. The van der Waals surface area contributed by atoms with Crippen molar-refractivity contribution < 1.29 is 13.2 Å². The maximum absolute atomic E-state index is 14.3. The molecule has 23 aromatic carbocycles. The zero-order valence-corrected chi connectivity index (χ0v) is 82.5. The summed E-state index contributed by atoms with van der Waals surface area (Å²) in [7, 11) is -3.79. The Morgan fingerprint density at radius 1 is 0.161 bits per heavy atom. The summed E-state index contributed by atoms with van der Waals surface area (Å²) in [6.07, 6.45) is 0. The molecule has 0 fully saturated rings. The normalized spacial score (nSPS) is 12.5. The average Bonchev–Trinajstić information content (AvgIpc) is 1.58. The minimum absolute atomic E-state index is 0.304. The van der Waals surface area contributed by atoms with Crippen molar-refractivity contribution >= 4 is 138 Å². The molecule has 0 unspecified atom stereocenters. The van der Waals surface area contributed by atoms with Crippen LogP contribution in [0.3, 0.4) is 0 Å². The quantitative estimate of drug-likeness (QED) is 0.107. The van der Waals surface area contributed by atoms with E-state index in [0.717, 1.165) is 118 Å². The zero-order chi connectivity index (χ0) is 99.0. The molecule has 26 aromatic rings. The Morgan fingerprint density at radius 3 is 0.926 bits per heavy atom. The van der Waals surface area contributed by atoms with Gasteiger partial charge in [0.1, 0.15) is 0 Å². The van der Waals surface area contributed by atoms with Gasteiger partial charge >= 0.3 is 0 Å². The minimum Gasteiger partial charge on any atom is -0.453 e. The number of aromatic nitrogens is 3. The number of rotatable bonds is 14. The van der Waals surface area contributed by atoms with E-state index in [2.05, 4.69) is 489 Å². The molecule has 0 amide bonds. The highest BCUT2D eigenvalue weighted by molar-refractivity contribution is 7.99. The summed E-state index contributed by atoms with van der Waals surface area (Å²) < 4.78 is 42.3. The molecule has 6 heterocycles. The number of anilines is 9. The van der Waals surface area contributed by atoms with Gasteiger partial charge in [0.15, 0.2) is 11.5 Å². The second-order valence-corrected chi connectivity index (χ2v) is 40.8. The highest BCUT2D eigenvalue weighted by Gasteiger charge is 2.38. The van der Waals surface area contributed by atoms with Gasteiger partial charge in [0, 0.05) is 82.3 Å².